The first kappa shape index (κ1) is 57.3. The van der Waals surface area contributed by atoms with E-state index in [1.807, 2.05) is 75.4 Å². The molecular formula is C56H67Cl2N7O11. The van der Waals surface area contributed by atoms with Gasteiger partial charge in [0, 0.05) is 48.2 Å². The molecule has 4 aromatic rings. The standard InChI is InChI=1S/C56H67Cl2N7O11/c1-7-76-45-35-38(54(2,3)4)15-20-41(45)49-63-55(5,36-11-16-39(57)17-12-36)56(6,37-13-18-40(58)19-14-37)65(49)53(71)61-25-24-60-46(66)23-27-72-29-31-74-33-34-75-32-30-73-28-26-59-43-10-8-9-42-48(43)52(70)64(51(42)69)44-21-22-47(67)62-50(44)68/h8-20,35,44,59H,7,21-34H2,1-6H3,(H,60,66)(H,61,71)(H,62,67,68)/t44?,55-,56+/m0/s1. The molecule has 3 aliphatic heterocycles. The quantitative estimate of drug-likeness (QED) is 0.0378. The summed E-state index contributed by atoms with van der Waals surface area (Å²) in [5.74, 6) is -1.46. The minimum absolute atomic E-state index is 0.0452. The van der Waals surface area contributed by atoms with Crippen LogP contribution in [0.4, 0.5) is 10.5 Å². The molecule has 0 aliphatic carbocycles. The highest BCUT2D eigenvalue weighted by molar-refractivity contribution is 6.31. The fraction of sp³-hybridized carbons (Fsp3) is 0.446. The number of nitrogens with zero attached hydrogens (tertiary/aromatic N) is 3. The number of amidine groups is 1. The van der Waals surface area contributed by atoms with Crippen molar-refractivity contribution < 1.29 is 52.5 Å². The highest BCUT2D eigenvalue weighted by Gasteiger charge is 2.59. The van der Waals surface area contributed by atoms with E-state index in [9.17, 15) is 28.8 Å². The molecule has 7 amide bonds. The van der Waals surface area contributed by atoms with Crippen molar-refractivity contribution in [2.75, 3.05) is 84.4 Å². The number of nitrogens with one attached hydrogen (secondary N) is 4. The van der Waals surface area contributed by atoms with Crippen LogP contribution in [0, 0.1) is 0 Å². The lowest BCUT2D eigenvalue weighted by Crippen LogP contribution is -2.58. The molecule has 1 fully saturated rings. The number of benzene rings is 4. The van der Waals surface area contributed by atoms with Gasteiger partial charge in [-0.1, -0.05) is 80.4 Å². The van der Waals surface area contributed by atoms with E-state index in [1.165, 1.54) is 6.07 Å². The Morgan fingerprint density at radius 3 is 1.96 bits per heavy atom. The van der Waals surface area contributed by atoms with Gasteiger partial charge in [-0.2, -0.15) is 0 Å². The molecule has 1 saturated heterocycles. The summed E-state index contributed by atoms with van der Waals surface area (Å²) in [5.41, 5.74) is 1.87. The van der Waals surface area contributed by atoms with Crippen LogP contribution in [0.3, 0.4) is 0 Å². The number of hydrogen-bond acceptors (Lipinski definition) is 13. The van der Waals surface area contributed by atoms with E-state index in [0.29, 0.717) is 85.7 Å². The minimum Gasteiger partial charge on any atom is -0.493 e. The number of carbonyl (C=O) groups excluding carboxylic acids is 6. The van der Waals surface area contributed by atoms with Crippen LogP contribution in [0.5, 0.6) is 5.75 Å². The number of rotatable bonds is 25. The summed E-state index contributed by atoms with van der Waals surface area (Å²) in [6, 6.07) is 24.3. The Morgan fingerprint density at radius 2 is 1.34 bits per heavy atom. The van der Waals surface area contributed by atoms with Gasteiger partial charge in [-0.05, 0) is 97.8 Å². The molecule has 18 nitrogen and oxygen atoms in total. The summed E-state index contributed by atoms with van der Waals surface area (Å²) in [6.07, 6.45) is 0.241. The molecule has 406 valence electrons. The maximum Gasteiger partial charge on any atom is 0.324 e. The van der Waals surface area contributed by atoms with Crippen LogP contribution in [-0.2, 0) is 49.8 Å². The van der Waals surface area contributed by atoms with Crippen LogP contribution in [-0.4, -0.2) is 136 Å². The summed E-state index contributed by atoms with van der Waals surface area (Å²) >= 11 is 12.8. The number of carbonyl (C=O) groups is 6. The zero-order chi connectivity index (χ0) is 54.6. The van der Waals surface area contributed by atoms with Gasteiger partial charge in [0.25, 0.3) is 11.8 Å². The highest BCUT2D eigenvalue weighted by atomic mass is 35.5. The maximum absolute atomic E-state index is 14.8. The van der Waals surface area contributed by atoms with Crippen LogP contribution in [0.15, 0.2) is 89.9 Å². The smallest absolute Gasteiger partial charge is 0.324 e. The van der Waals surface area contributed by atoms with Crippen molar-refractivity contribution in [3.63, 3.8) is 0 Å². The first-order valence-electron chi connectivity index (χ1n) is 25.5. The SMILES string of the molecule is CCOc1cc(C(C)(C)C)ccc1C1=N[C@@](C)(c2ccc(Cl)cc2)[C@@](C)(c2ccc(Cl)cc2)N1C(=O)NCCNC(=O)CCOCCOCCOCCOCCNc1cccc2c1C(=O)N(C1CCC(=O)NC1=O)C2=O. The Labute approximate surface area is 453 Å². The van der Waals surface area contributed by atoms with Gasteiger partial charge < -0.3 is 39.6 Å². The van der Waals surface area contributed by atoms with Crippen molar-refractivity contribution in [2.24, 2.45) is 4.99 Å². The predicted octanol–water partition coefficient (Wildman–Crippen LogP) is 7.38. The van der Waals surface area contributed by atoms with E-state index < -0.39 is 46.8 Å². The van der Waals surface area contributed by atoms with Gasteiger partial charge in [0.15, 0.2) is 0 Å². The molecule has 0 saturated carbocycles. The molecule has 0 bridgehead atoms. The lowest BCUT2D eigenvalue weighted by Gasteiger charge is -2.45. The maximum atomic E-state index is 14.8. The highest BCUT2D eigenvalue weighted by Crippen LogP contribution is 2.54. The largest absolute Gasteiger partial charge is 0.493 e. The molecule has 20 heteroatoms. The molecule has 7 rings (SSSR count). The summed E-state index contributed by atoms with van der Waals surface area (Å²) < 4.78 is 28.7. The Hall–Kier alpha value is -6.41. The van der Waals surface area contributed by atoms with E-state index >= 15 is 0 Å². The van der Waals surface area contributed by atoms with Crippen LogP contribution >= 0.6 is 23.2 Å². The topological polar surface area (TPSA) is 216 Å². The summed E-state index contributed by atoms with van der Waals surface area (Å²) in [6.45, 7) is 15.7. The second-order valence-corrected chi connectivity index (χ2v) is 20.6. The fourth-order valence-corrected chi connectivity index (χ4v) is 9.67. The van der Waals surface area contributed by atoms with Crippen molar-refractivity contribution in [2.45, 2.75) is 83.3 Å². The number of halogens is 2. The number of aliphatic imine (C=N–C) groups is 1. The first-order valence-corrected chi connectivity index (χ1v) is 26.3. The second kappa shape index (κ2) is 25.6. The fourth-order valence-electron chi connectivity index (χ4n) is 9.42. The van der Waals surface area contributed by atoms with Gasteiger partial charge in [-0.3, -0.25) is 44.1 Å². The third kappa shape index (κ3) is 13.0. The van der Waals surface area contributed by atoms with Gasteiger partial charge >= 0.3 is 6.03 Å². The monoisotopic (exact) mass is 1080 g/mol. The Balaban J connectivity index is 0.810. The van der Waals surface area contributed by atoms with Crippen molar-refractivity contribution in [3.8, 4) is 5.75 Å². The number of amides is 7. The lowest BCUT2D eigenvalue weighted by molar-refractivity contribution is -0.136. The van der Waals surface area contributed by atoms with E-state index in [-0.39, 0.29) is 68.0 Å². The molecule has 0 aromatic heterocycles. The number of imide groups is 2. The Morgan fingerprint density at radius 1 is 0.737 bits per heavy atom. The Bertz CT molecular complexity index is 2790. The van der Waals surface area contributed by atoms with E-state index in [4.69, 9.17) is 51.9 Å². The van der Waals surface area contributed by atoms with E-state index in [2.05, 4.69) is 42.0 Å². The van der Waals surface area contributed by atoms with Crippen molar-refractivity contribution in [1.82, 2.24) is 25.8 Å². The molecule has 0 radical (unpaired) electrons. The molecule has 4 N–H and O–H groups in total. The van der Waals surface area contributed by atoms with Gasteiger partial charge in [0.1, 0.15) is 28.7 Å². The zero-order valence-electron chi connectivity index (χ0n) is 43.9. The Kier molecular flexibility index (Phi) is 19.3. The van der Waals surface area contributed by atoms with Crippen molar-refractivity contribution >= 4 is 70.3 Å². The number of piperidine rings is 1. The molecular weight excluding hydrogens is 1020 g/mol. The molecule has 4 aromatic carbocycles. The van der Waals surface area contributed by atoms with Crippen LogP contribution in [0.25, 0.3) is 0 Å². The summed E-state index contributed by atoms with van der Waals surface area (Å²) in [7, 11) is 0. The normalized spacial score (nSPS) is 19.4. The lowest BCUT2D eigenvalue weighted by atomic mass is 9.71. The van der Waals surface area contributed by atoms with Crippen LogP contribution in [0.1, 0.15) is 104 Å². The average molecular weight is 1090 g/mol. The van der Waals surface area contributed by atoms with Gasteiger partial charge in [0.05, 0.1) is 76.2 Å². The molecule has 3 heterocycles. The van der Waals surface area contributed by atoms with Gasteiger partial charge in [-0.15, -0.1) is 0 Å². The summed E-state index contributed by atoms with van der Waals surface area (Å²) in [5, 5.41) is 12.4. The number of fused-ring (bicyclic) bond motifs is 1. The summed E-state index contributed by atoms with van der Waals surface area (Å²) in [4.78, 5) is 86.0. The second-order valence-electron chi connectivity index (χ2n) is 19.7. The van der Waals surface area contributed by atoms with Crippen molar-refractivity contribution in [1.29, 1.82) is 0 Å². The number of urea groups is 1. The van der Waals surface area contributed by atoms with Crippen LogP contribution < -0.4 is 26.0 Å². The van der Waals surface area contributed by atoms with Crippen LogP contribution in [0.2, 0.25) is 10.0 Å². The minimum atomic E-state index is -1.11. The molecule has 0 spiro atoms. The molecule has 1 unspecified atom stereocenters. The first-order chi connectivity index (χ1) is 36.4. The number of hydrogen-bond donors (Lipinski definition) is 4. The average Bonchev–Trinajstić information content (AvgIpc) is 3.92. The van der Waals surface area contributed by atoms with Gasteiger partial charge in [0.2, 0.25) is 17.7 Å². The zero-order valence-corrected chi connectivity index (χ0v) is 45.4. The third-order valence-electron chi connectivity index (χ3n) is 13.7. The molecule has 3 aliphatic rings. The van der Waals surface area contributed by atoms with E-state index in [0.717, 1.165) is 21.6 Å². The van der Waals surface area contributed by atoms with E-state index in [1.54, 1.807) is 29.2 Å². The number of ether oxygens (including phenoxy) is 5. The predicted molar refractivity (Wildman–Crippen MR) is 288 cm³/mol. The number of anilines is 1. The molecule has 76 heavy (non-hydrogen) atoms. The molecule has 3 atom stereocenters. The van der Waals surface area contributed by atoms with Crippen molar-refractivity contribution in [3.05, 3.63) is 128 Å². The third-order valence-corrected chi connectivity index (χ3v) is 14.2. The van der Waals surface area contributed by atoms with Gasteiger partial charge in [-0.25, -0.2) is 4.79 Å².